The number of fused-ring (bicyclic) bond motifs is 2. The number of nitrogens with zero attached hydrogens (tertiary/aromatic N) is 4. The van der Waals surface area contributed by atoms with Crippen molar-refractivity contribution in [2.24, 2.45) is 14.1 Å². The normalized spacial score (nSPS) is 11.4. The number of hydrogen-bond donors (Lipinski definition) is 1. The average Bonchev–Trinajstić information content (AvgIpc) is 3.01. The van der Waals surface area contributed by atoms with Crippen LogP contribution < -0.4 is 11.2 Å². The van der Waals surface area contributed by atoms with Crippen molar-refractivity contribution in [1.29, 1.82) is 5.41 Å². The Labute approximate surface area is 164 Å². The molecule has 8 heteroatoms. The van der Waals surface area contributed by atoms with E-state index in [2.05, 4.69) is 4.98 Å². The summed E-state index contributed by atoms with van der Waals surface area (Å²) >= 11 is 6.22. The van der Waals surface area contributed by atoms with E-state index in [9.17, 15) is 9.59 Å². The summed E-state index contributed by atoms with van der Waals surface area (Å²) in [5, 5.41) is 10.4. The second kappa shape index (κ2) is 6.45. The van der Waals surface area contributed by atoms with E-state index in [1.807, 2.05) is 36.4 Å². The van der Waals surface area contributed by atoms with Crippen molar-refractivity contribution in [3.63, 3.8) is 0 Å². The Hall–Kier alpha value is -3.19. The monoisotopic (exact) mass is 395 g/mol. The van der Waals surface area contributed by atoms with Crippen molar-refractivity contribution in [2.45, 2.75) is 13.5 Å². The summed E-state index contributed by atoms with van der Waals surface area (Å²) in [4.78, 5) is 30.2. The van der Waals surface area contributed by atoms with Gasteiger partial charge in [-0.3, -0.25) is 13.9 Å². The van der Waals surface area contributed by atoms with Gasteiger partial charge in [-0.25, -0.2) is 9.78 Å². The minimum absolute atomic E-state index is 0.133. The number of benzene rings is 2. The molecule has 0 fully saturated rings. The van der Waals surface area contributed by atoms with Gasteiger partial charge in [0.05, 0.1) is 12.3 Å². The van der Waals surface area contributed by atoms with Crippen LogP contribution >= 0.6 is 11.6 Å². The van der Waals surface area contributed by atoms with E-state index < -0.39 is 11.2 Å². The SMILES string of the molecule is CC(=N)c1nc2c(c(=O)n(Cc3ccc4c(Cl)cccc4c3)c(=O)n2C)n1C. The summed E-state index contributed by atoms with van der Waals surface area (Å²) in [6.45, 7) is 1.73. The van der Waals surface area contributed by atoms with Crippen LogP contribution in [0.1, 0.15) is 18.3 Å². The Morgan fingerprint density at radius 2 is 1.89 bits per heavy atom. The molecule has 2 heterocycles. The topological polar surface area (TPSA) is 85.7 Å². The highest BCUT2D eigenvalue weighted by Gasteiger charge is 2.19. The third kappa shape index (κ3) is 2.66. The first kappa shape index (κ1) is 18.2. The number of aryl methyl sites for hydroxylation is 2. The largest absolute Gasteiger partial charge is 0.332 e. The standard InChI is InChI=1S/C20H18ClN5O2/c1-11(22)17-23-18-16(24(17)2)19(27)26(20(28)25(18)3)10-12-7-8-14-13(9-12)5-4-6-15(14)21/h4-9,22H,10H2,1-3H3. The van der Waals surface area contributed by atoms with Crippen molar-refractivity contribution in [3.8, 4) is 0 Å². The van der Waals surface area contributed by atoms with E-state index in [0.717, 1.165) is 16.3 Å². The van der Waals surface area contributed by atoms with Crippen molar-refractivity contribution in [2.75, 3.05) is 0 Å². The van der Waals surface area contributed by atoms with E-state index in [4.69, 9.17) is 17.0 Å². The molecule has 142 valence electrons. The lowest BCUT2D eigenvalue weighted by Gasteiger charge is -2.10. The zero-order valence-corrected chi connectivity index (χ0v) is 16.4. The maximum atomic E-state index is 13.1. The fraction of sp³-hybridized carbons (Fsp3) is 0.200. The molecule has 0 radical (unpaired) electrons. The highest BCUT2D eigenvalue weighted by atomic mass is 35.5. The van der Waals surface area contributed by atoms with Gasteiger partial charge in [0.25, 0.3) is 5.56 Å². The van der Waals surface area contributed by atoms with Gasteiger partial charge < -0.3 is 9.98 Å². The Balaban J connectivity index is 1.92. The molecule has 0 saturated heterocycles. The van der Waals surface area contributed by atoms with Crippen LogP contribution in [0.25, 0.3) is 21.9 Å². The van der Waals surface area contributed by atoms with Crippen LogP contribution in [0.5, 0.6) is 0 Å². The molecule has 0 atom stereocenters. The molecule has 0 aliphatic heterocycles. The van der Waals surface area contributed by atoms with Crippen LogP contribution in [0.3, 0.4) is 0 Å². The first-order valence-electron chi connectivity index (χ1n) is 8.68. The van der Waals surface area contributed by atoms with E-state index in [1.54, 1.807) is 25.6 Å². The highest BCUT2D eigenvalue weighted by Crippen LogP contribution is 2.24. The van der Waals surface area contributed by atoms with Crippen molar-refractivity contribution in [3.05, 3.63) is 73.6 Å². The summed E-state index contributed by atoms with van der Waals surface area (Å²) in [5.74, 6) is 0.361. The maximum Gasteiger partial charge on any atom is 0.332 e. The zero-order chi connectivity index (χ0) is 20.2. The van der Waals surface area contributed by atoms with Gasteiger partial charge >= 0.3 is 5.69 Å². The quantitative estimate of drug-likeness (QED) is 0.541. The maximum absolute atomic E-state index is 13.1. The van der Waals surface area contributed by atoms with Crippen LogP contribution in [0, 0.1) is 5.41 Å². The summed E-state index contributed by atoms with van der Waals surface area (Å²) in [7, 11) is 3.26. The Morgan fingerprint density at radius 1 is 1.14 bits per heavy atom. The molecule has 0 bridgehead atoms. The van der Waals surface area contributed by atoms with Gasteiger partial charge in [0.2, 0.25) is 0 Å². The van der Waals surface area contributed by atoms with Gasteiger partial charge in [0.1, 0.15) is 0 Å². The summed E-state index contributed by atoms with van der Waals surface area (Å²) < 4.78 is 4.11. The van der Waals surface area contributed by atoms with Crippen molar-refractivity contribution >= 4 is 39.2 Å². The van der Waals surface area contributed by atoms with Crippen molar-refractivity contribution < 1.29 is 0 Å². The molecule has 4 aromatic rings. The molecule has 0 amide bonds. The molecule has 2 aromatic heterocycles. The predicted octanol–water partition coefficient (Wildman–Crippen LogP) is 2.68. The minimum Gasteiger partial charge on any atom is -0.320 e. The number of halogens is 1. The first-order valence-corrected chi connectivity index (χ1v) is 9.06. The lowest BCUT2D eigenvalue weighted by Crippen LogP contribution is -2.39. The molecule has 2 aromatic carbocycles. The van der Waals surface area contributed by atoms with Crippen LogP contribution in [0.15, 0.2) is 46.0 Å². The van der Waals surface area contributed by atoms with Gasteiger partial charge in [-0.15, -0.1) is 0 Å². The number of aromatic nitrogens is 4. The fourth-order valence-electron chi connectivity index (χ4n) is 3.49. The molecule has 0 unspecified atom stereocenters. The van der Waals surface area contributed by atoms with Crippen LogP contribution in [-0.4, -0.2) is 24.4 Å². The molecule has 0 aliphatic carbocycles. The zero-order valence-electron chi connectivity index (χ0n) is 15.7. The predicted molar refractivity (Wildman–Crippen MR) is 111 cm³/mol. The van der Waals surface area contributed by atoms with Gasteiger partial charge in [0, 0.05) is 24.5 Å². The minimum atomic E-state index is -0.448. The molecule has 4 rings (SSSR count). The Morgan fingerprint density at radius 3 is 2.61 bits per heavy atom. The van der Waals surface area contributed by atoms with E-state index >= 15 is 0 Å². The molecule has 7 nitrogen and oxygen atoms in total. The third-order valence-corrected chi connectivity index (χ3v) is 5.26. The van der Waals surface area contributed by atoms with E-state index in [0.29, 0.717) is 16.4 Å². The number of hydrogen-bond acceptors (Lipinski definition) is 4. The van der Waals surface area contributed by atoms with Gasteiger partial charge in [-0.2, -0.15) is 0 Å². The molecular formula is C20H18ClN5O2. The lowest BCUT2D eigenvalue weighted by atomic mass is 10.1. The average molecular weight is 396 g/mol. The highest BCUT2D eigenvalue weighted by molar-refractivity contribution is 6.35. The molecule has 0 spiro atoms. The fourth-order valence-corrected chi connectivity index (χ4v) is 3.74. The van der Waals surface area contributed by atoms with Gasteiger partial charge in [-0.1, -0.05) is 35.9 Å². The summed E-state index contributed by atoms with van der Waals surface area (Å²) in [6.07, 6.45) is 0. The van der Waals surface area contributed by atoms with Gasteiger partial charge in [0.15, 0.2) is 17.0 Å². The first-order chi connectivity index (χ1) is 13.3. The van der Waals surface area contributed by atoms with Crippen LogP contribution in [0.4, 0.5) is 0 Å². The van der Waals surface area contributed by atoms with E-state index in [1.165, 1.54) is 9.13 Å². The Bertz CT molecular complexity index is 1390. The molecular weight excluding hydrogens is 378 g/mol. The van der Waals surface area contributed by atoms with Crippen LogP contribution in [0.2, 0.25) is 5.02 Å². The third-order valence-electron chi connectivity index (χ3n) is 4.93. The summed E-state index contributed by atoms with van der Waals surface area (Å²) in [5.41, 5.74) is 0.749. The number of rotatable bonds is 3. The number of imidazole rings is 1. The van der Waals surface area contributed by atoms with Crippen LogP contribution in [-0.2, 0) is 20.6 Å². The lowest BCUT2D eigenvalue weighted by molar-refractivity contribution is 0.655. The molecule has 0 saturated carbocycles. The summed E-state index contributed by atoms with van der Waals surface area (Å²) in [6, 6.07) is 11.3. The smallest absolute Gasteiger partial charge is 0.320 e. The Kier molecular flexibility index (Phi) is 4.19. The van der Waals surface area contributed by atoms with Gasteiger partial charge in [-0.05, 0) is 30.0 Å². The molecule has 1 N–H and O–H groups in total. The van der Waals surface area contributed by atoms with E-state index in [-0.39, 0.29) is 17.9 Å². The van der Waals surface area contributed by atoms with Crippen molar-refractivity contribution in [1.82, 2.24) is 18.7 Å². The second-order valence-corrected chi connectivity index (χ2v) is 7.23. The number of nitrogens with one attached hydrogen (secondary N) is 1. The molecule has 28 heavy (non-hydrogen) atoms. The molecule has 0 aliphatic rings. The second-order valence-electron chi connectivity index (χ2n) is 6.82.